The molecule has 0 amide bonds. The smallest absolute Gasteiger partial charge is 0.306 e. The number of benzene rings is 2. The topological polar surface area (TPSA) is 42.1 Å². The normalized spacial score (nSPS) is 10.9. The number of ether oxygens (including phenoxy) is 1. The van der Waals surface area contributed by atoms with E-state index in [1.165, 1.54) is 0 Å². The zero-order valence-corrected chi connectivity index (χ0v) is 13.7. The molecule has 0 aliphatic heterocycles. The van der Waals surface area contributed by atoms with Crippen LogP contribution in [0.2, 0.25) is 5.02 Å². The molecule has 0 atom stereocenters. The SMILES string of the molecule is CCOC(=O)CCc1ccc2[nH]c(-c3cccc(Cl)c3)cc2c1. The van der Waals surface area contributed by atoms with E-state index in [2.05, 4.69) is 17.1 Å². The minimum absolute atomic E-state index is 0.152. The van der Waals surface area contributed by atoms with Crippen molar-refractivity contribution in [3.05, 3.63) is 59.1 Å². The van der Waals surface area contributed by atoms with Gasteiger partial charge in [-0.15, -0.1) is 0 Å². The first-order valence-electron chi connectivity index (χ1n) is 7.69. The molecule has 0 bridgehead atoms. The second-order valence-electron chi connectivity index (χ2n) is 5.42. The Kier molecular flexibility index (Phi) is 4.68. The summed E-state index contributed by atoms with van der Waals surface area (Å²) >= 11 is 6.06. The van der Waals surface area contributed by atoms with Gasteiger partial charge in [-0.05, 0) is 54.8 Å². The second-order valence-corrected chi connectivity index (χ2v) is 5.86. The van der Waals surface area contributed by atoms with E-state index in [1.54, 1.807) is 0 Å². The molecule has 3 rings (SSSR count). The maximum atomic E-state index is 11.5. The Morgan fingerprint density at radius 2 is 2.04 bits per heavy atom. The molecule has 0 saturated heterocycles. The van der Waals surface area contributed by atoms with E-state index in [1.807, 2.05) is 43.3 Å². The van der Waals surface area contributed by atoms with E-state index in [0.29, 0.717) is 19.4 Å². The van der Waals surface area contributed by atoms with Crippen LogP contribution in [0.4, 0.5) is 0 Å². The number of nitrogens with one attached hydrogen (secondary N) is 1. The number of rotatable bonds is 5. The predicted molar refractivity (Wildman–Crippen MR) is 93.7 cm³/mol. The molecule has 3 aromatic rings. The summed E-state index contributed by atoms with van der Waals surface area (Å²) in [5, 5.41) is 1.85. The highest BCUT2D eigenvalue weighted by Crippen LogP contribution is 2.27. The molecule has 4 heteroatoms. The molecule has 1 aromatic heterocycles. The first-order valence-corrected chi connectivity index (χ1v) is 8.06. The summed E-state index contributed by atoms with van der Waals surface area (Å²) in [6.07, 6.45) is 1.09. The number of hydrogen-bond acceptors (Lipinski definition) is 2. The Balaban J connectivity index is 1.82. The van der Waals surface area contributed by atoms with Crippen molar-refractivity contribution in [2.24, 2.45) is 0 Å². The van der Waals surface area contributed by atoms with Crippen LogP contribution in [0.1, 0.15) is 18.9 Å². The first kappa shape index (κ1) is 15.6. The number of fused-ring (bicyclic) bond motifs is 1. The quantitative estimate of drug-likeness (QED) is 0.671. The summed E-state index contributed by atoms with van der Waals surface area (Å²) in [4.78, 5) is 14.9. The van der Waals surface area contributed by atoms with Crippen LogP contribution in [0.15, 0.2) is 48.5 Å². The molecule has 0 aliphatic rings. The molecule has 3 nitrogen and oxygen atoms in total. The van der Waals surface area contributed by atoms with Gasteiger partial charge < -0.3 is 9.72 Å². The van der Waals surface area contributed by atoms with Crippen molar-refractivity contribution >= 4 is 28.5 Å². The molecular weight excluding hydrogens is 310 g/mol. The van der Waals surface area contributed by atoms with Crippen LogP contribution in [-0.4, -0.2) is 17.6 Å². The van der Waals surface area contributed by atoms with E-state index >= 15 is 0 Å². The van der Waals surface area contributed by atoms with Crippen LogP contribution >= 0.6 is 11.6 Å². The monoisotopic (exact) mass is 327 g/mol. The second kappa shape index (κ2) is 6.88. The molecule has 0 radical (unpaired) electrons. The van der Waals surface area contributed by atoms with Crippen LogP contribution in [0.25, 0.3) is 22.2 Å². The highest BCUT2D eigenvalue weighted by Gasteiger charge is 2.07. The lowest BCUT2D eigenvalue weighted by Gasteiger charge is -2.02. The number of carbonyl (C=O) groups is 1. The van der Waals surface area contributed by atoms with E-state index in [9.17, 15) is 4.79 Å². The molecule has 0 unspecified atom stereocenters. The number of aryl methyl sites for hydroxylation is 1. The Morgan fingerprint density at radius 3 is 2.83 bits per heavy atom. The van der Waals surface area contributed by atoms with Gasteiger partial charge in [-0.3, -0.25) is 4.79 Å². The maximum Gasteiger partial charge on any atom is 0.306 e. The fourth-order valence-corrected chi connectivity index (χ4v) is 2.82. The Bertz CT molecular complexity index is 838. The molecule has 1 heterocycles. The van der Waals surface area contributed by atoms with Crippen LogP contribution in [-0.2, 0) is 16.0 Å². The molecular formula is C19H18ClNO2. The Hall–Kier alpha value is -2.26. The lowest BCUT2D eigenvalue weighted by Crippen LogP contribution is -2.04. The van der Waals surface area contributed by atoms with Crippen molar-refractivity contribution in [3.63, 3.8) is 0 Å². The highest BCUT2D eigenvalue weighted by molar-refractivity contribution is 6.30. The van der Waals surface area contributed by atoms with Crippen molar-refractivity contribution in [1.82, 2.24) is 4.98 Å². The van der Waals surface area contributed by atoms with Gasteiger partial charge in [-0.25, -0.2) is 0 Å². The minimum Gasteiger partial charge on any atom is -0.466 e. The molecule has 1 N–H and O–H groups in total. The lowest BCUT2D eigenvalue weighted by atomic mass is 10.1. The first-order chi connectivity index (χ1) is 11.2. The average Bonchev–Trinajstić information content (AvgIpc) is 2.96. The zero-order valence-electron chi connectivity index (χ0n) is 12.9. The molecule has 0 spiro atoms. The van der Waals surface area contributed by atoms with Gasteiger partial charge in [0.2, 0.25) is 0 Å². The Labute approximate surface area is 140 Å². The van der Waals surface area contributed by atoms with Gasteiger partial charge in [0, 0.05) is 28.0 Å². The van der Waals surface area contributed by atoms with Crippen LogP contribution in [0.3, 0.4) is 0 Å². The molecule has 0 aliphatic carbocycles. The van der Waals surface area contributed by atoms with Gasteiger partial charge in [0.15, 0.2) is 0 Å². The van der Waals surface area contributed by atoms with Crippen molar-refractivity contribution in [2.45, 2.75) is 19.8 Å². The Morgan fingerprint density at radius 1 is 1.17 bits per heavy atom. The number of esters is 1. The largest absolute Gasteiger partial charge is 0.466 e. The number of carbonyl (C=O) groups excluding carboxylic acids is 1. The number of hydrogen-bond donors (Lipinski definition) is 1. The van der Waals surface area contributed by atoms with Crippen molar-refractivity contribution in [2.75, 3.05) is 6.61 Å². The highest BCUT2D eigenvalue weighted by atomic mass is 35.5. The summed E-state index contributed by atoms with van der Waals surface area (Å²) in [6, 6.07) is 16.1. The van der Waals surface area contributed by atoms with Gasteiger partial charge in [-0.1, -0.05) is 29.8 Å². The predicted octanol–water partition coefficient (Wildman–Crippen LogP) is 4.98. The van der Waals surface area contributed by atoms with E-state index < -0.39 is 0 Å². The summed E-state index contributed by atoms with van der Waals surface area (Å²) in [6.45, 7) is 2.25. The van der Waals surface area contributed by atoms with Crippen LogP contribution in [0.5, 0.6) is 0 Å². The number of aromatic amines is 1. The van der Waals surface area contributed by atoms with Crippen molar-refractivity contribution < 1.29 is 9.53 Å². The van der Waals surface area contributed by atoms with Gasteiger partial charge in [0.05, 0.1) is 6.61 Å². The maximum absolute atomic E-state index is 11.5. The third-order valence-electron chi connectivity index (χ3n) is 3.74. The third kappa shape index (κ3) is 3.74. The summed E-state index contributed by atoms with van der Waals surface area (Å²) in [7, 11) is 0. The average molecular weight is 328 g/mol. The minimum atomic E-state index is -0.152. The summed E-state index contributed by atoms with van der Waals surface area (Å²) in [5.41, 5.74) is 4.29. The van der Waals surface area contributed by atoms with Crippen molar-refractivity contribution in [3.8, 4) is 11.3 Å². The molecule has 0 saturated carbocycles. The molecule has 23 heavy (non-hydrogen) atoms. The number of aromatic nitrogens is 1. The van der Waals surface area contributed by atoms with Gasteiger partial charge >= 0.3 is 5.97 Å². The molecule has 0 fully saturated rings. The molecule has 2 aromatic carbocycles. The summed E-state index contributed by atoms with van der Waals surface area (Å²) < 4.78 is 4.97. The fraction of sp³-hybridized carbons (Fsp3) is 0.211. The number of H-pyrrole nitrogens is 1. The van der Waals surface area contributed by atoms with E-state index in [4.69, 9.17) is 16.3 Å². The van der Waals surface area contributed by atoms with Gasteiger partial charge in [0.25, 0.3) is 0 Å². The third-order valence-corrected chi connectivity index (χ3v) is 3.98. The zero-order chi connectivity index (χ0) is 16.2. The summed E-state index contributed by atoms with van der Waals surface area (Å²) in [5.74, 6) is -0.152. The van der Waals surface area contributed by atoms with E-state index in [-0.39, 0.29) is 5.97 Å². The van der Waals surface area contributed by atoms with Gasteiger partial charge in [0.1, 0.15) is 0 Å². The lowest BCUT2D eigenvalue weighted by molar-refractivity contribution is -0.143. The standard InChI is InChI=1S/C19H18ClNO2/c1-2-23-19(22)9-7-13-6-8-17-15(10-13)12-18(21-17)14-4-3-5-16(20)11-14/h3-6,8,10-12,21H,2,7,9H2,1H3. The van der Waals surface area contributed by atoms with E-state index in [0.717, 1.165) is 32.7 Å². The van der Waals surface area contributed by atoms with Crippen LogP contribution in [0, 0.1) is 0 Å². The van der Waals surface area contributed by atoms with Crippen molar-refractivity contribution in [1.29, 1.82) is 0 Å². The van der Waals surface area contributed by atoms with Crippen LogP contribution < -0.4 is 0 Å². The molecule has 118 valence electrons. The fourth-order valence-electron chi connectivity index (χ4n) is 2.63. The number of halogens is 1. The van der Waals surface area contributed by atoms with Gasteiger partial charge in [-0.2, -0.15) is 0 Å².